The molecule has 1 atom stereocenters. The van der Waals surface area contributed by atoms with Crippen molar-refractivity contribution in [3.05, 3.63) is 77.7 Å². The van der Waals surface area contributed by atoms with Crippen LogP contribution in [0.5, 0.6) is 0 Å². The molecule has 0 aliphatic carbocycles. The van der Waals surface area contributed by atoms with Crippen LogP contribution in [0.4, 0.5) is 8.78 Å². The predicted molar refractivity (Wildman–Crippen MR) is 112 cm³/mol. The molecule has 0 fully saturated rings. The largest absolute Gasteiger partial charge is 0.458 e. The number of carbonyl (C=O) groups is 1. The molecule has 1 aliphatic rings. The fourth-order valence-electron chi connectivity index (χ4n) is 4.21. The Balaban J connectivity index is 1.46. The maximum atomic E-state index is 14.2. The molecular formula is C22H15F2N7O3. The number of rotatable bonds is 4. The summed E-state index contributed by atoms with van der Waals surface area (Å²) >= 11 is 0. The zero-order valence-electron chi connectivity index (χ0n) is 17.4. The molecule has 0 spiro atoms. The Bertz CT molecular complexity index is 1490. The monoisotopic (exact) mass is 463 g/mol. The SMILES string of the molecule is O=C(c1nnc(-c2ncccn2)o1)N1CCc2[nH]cnc2[C@H]1c1oc2ccccc2c1C(F)F. The number of halogens is 2. The first-order valence-electron chi connectivity index (χ1n) is 10.3. The Labute approximate surface area is 189 Å². The number of benzene rings is 1. The number of hydrogen-bond donors (Lipinski definition) is 1. The molecule has 0 unspecified atom stereocenters. The van der Waals surface area contributed by atoms with E-state index < -0.39 is 18.4 Å². The smallest absolute Gasteiger partial charge is 0.312 e. The maximum Gasteiger partial charge on any atom is 0.312 e. The summed E-state index contributed by atoms with van der Waals surface area (Å²) in [5, 5.41) is 7.99. The Morgan fingerprint density at radius 3 is 2.74 bits per heavy atom. The third kappa shape index (κ3) is 3.14. The lowest BCUT2D eigenvalue weighted by Crippen LogP contribution is -2.41. The van der Waals surface area contributed by atoms with Gasteiger partial charge >= 0.3 is 11.8 Å². The molecular weight excluding hydrogens is 448 g/mol. The van der Waals surface area contributed by atoms with Gasteiger partial charge in [0.05, 0.1) is 17.6 Å². The van der Waals surface area contributed by atoms with E-state index in [4.69, 9.17) is 8.83 Å². The summed E-state index contributed by atoms with van der Waals surface area (Å²) in [6.45, 7) is 0.192. The van der Waals surface area contributed by atoms with Crippen molar-refractivity contribution in [3.63, 3.8) is 0 Å². The van der Waals surface area contributed by atoms with Gasteiger partial charge in [-0.25, -0.2) is 23.7 Å². The summed E-state index contributed by atoms with van der Waals surface area (Å²) < 4.78 is 39.9. The molecule has 5 aromatic rings. The maximum absolute atomic E-state index is 14.2. The molecule has 34 heavy (non-hydrogen) atoms. The second kappa shape index (κ2) is 7.83. The van der Waals surface area contributed by atoms with E-state index in [-0.39, 0.29) is 40.9 Å². The van der Waals surface area contributed by atoms with E-state index in [1.807, 2.05) is 0 Å². The standard InChI is InChI=1S/C22H15F2N7O3/c23-18(24)14-11-4-1-2-5-13(11)33-17(14)16-15-12(27-10-28-15)6-9-31(16)22(32)21-30-29-20(34-21)19-25-7-3-8-26-19/h1-5,7-8,10,16,18H,6,9H2,(H,27,28)/t16-/m0/s1. The van der Waals surface area contributed by atoms with Gasteiger partial charge in [-0.05, 0) is 12.1 Å². The van der Waals surface area contributed by atoms with E-state index in [2.05, 4.69) is 30.1 Å². The van der Waals surface area contributed by atoms with Crippen molar-refractivity contribution >= 4 is 16.9 Å². The number of aromatic nitrogens is 6. The third-order valence-corrected chi connectivity index (χ3v) is 5.68. The van der Waals surface area contributed by atoms with E-state index in [1.54, 1.807) is 30.3 Å². The summed E-state index contributed by atoms with van der Waals surface area (Å²) in [6, 6.07) is 7.13. The minimum absolute atomic E-state index is 0.0324. The summed E-state index contributed by atoms with van der Waals surface area (Å²) in [4.78, 5) is 30.2. The average molecular weight is 463 g/mol. The average Bonchev–Trinajstić information content (AvgIpc) is 3.61. The zero-order valence-corrected chi connectivity index (χ0v) is 17.4. The van der Waals surface area contributed by atoms with Gasteiger partial charge in [-0.1, -0.05) is 18.2 Å². The first-order chi connectivity index (χ1) is 16.6. The number of hydrogen-bond acceptors (Lipinski definition) is 8. The molecule has 170 valence electrons. The molecule has 4 aromatic heterocycles. The normalized spacial score (nSPS) is 15.7. The van der Waals surface area contributed by atoms with E-state index in [0.29, 0.717) is 17.7 Å². The number of furan rings is 1. The first-order valence-corrected chi connectivity index (χ1v) is 10.3. The van der Waals surface area contributed by atoms with Crippen molar-refractivity contribution in [1.82, 2.24) is 35.0 Å². The van der Waals surface area contributed by atoms with E-state index in [1.165, 1.54) is 23.6 Å². The molecule has 0 bridgehead atoms. The Morgan fingerprint density at radius 2 is 1.91 bits per heavy atom. The minimum Gasteiger partial charge on any atom is -0.458 e. The van der Waals surface area contributed by atoms with Crippen LogP contribution in [0.3, 0.4) is 0 Å². The van der Waals surface area contributed by atoms with Crippen LogP contribution in [0.2, 0.25) is 0 Å². The van der Waals surface area contributed by atoms with Gasteiger partial charge in [-0.15, -0.1) is 10.2 Å². The van der Waals surface area contributed by atoms with Crippen molar-refractivity contribution in [2.24, 2.45) is 0 Å². The zero-order chi connectivity index (χ0) is 23.2. The molecule has 1 aromatic carbocycles. The number of para-hydroxylation sites is 1. The lowest BCUT2D eigenvalue weighted by atomic mass is 9.97. The van der Waals surface area contributed by atoms with Crippen molar-refractivity contribution in [2.75, 3.05) is 6.54 Å². The third-order valence-electron chi connectivity index (χ3n) is 5.68. The van der Waals surface area contributed by atoms with Gasteiger partial charge in [0.25, 0.3) is 12.3 Å². The summed E-state index contributed by atoms with van der Waals surface area (Å²) in [5.41, 5.74) is 1.17. The number of H-pyrrole nitrogens is 1. The van der Waals surface area contributed by atoms with Gasteiger partial charge < -0.3 is 18.7 Å². The van der Waals surface area contributed by atoms with Crippen LogP contribution in [0.25, 0.3) is 22.7 Å². The van der Waals surface area contributed by atoms with Crippen molar-refractivity contribution in [1.29, 1.82) is 0 Å². The fourth-order valence-corrected chi connectivity index (χ4v) is 4.21. The lowest BCUT2D eigenvalue weighted by Gasteiger charge is -2.33. The highest BCUT2D eigenvalue weighted by atomic mass is 19.3. The fraction of sp³-hybridized carbons (Fsp3) is 0.182. The topological polar surface area (TPSA) is 127 Å². The van der Waals surface area contributed by atoms with Gasteiger partial charge in [0.1, 0.15) is 17.4 Å². The number of fused-ring (bicyclic) bond motifs is 2. The van der Waals surface area contributed by atoms with Gasteiger partial charge in [0.15, 0.2) is 0 Å². The summed E-state index contributed by atoms with van der Waals surface area (Å²) in [5.74, 6) is -0.884. The highest BCUT2D eigenvalue weighted by Gasteiger charge is 2.41. The molecule has 6 rings (SSSR count). The van der Waals surface area contributed by atoms with E-state index >= 15 is 0 Å². The number of aromatic amines is 1. The molecule has 10 nitrogen and oxygen atoms in total. The first kappa shape index (κ1) is 20.1. The molecule has 1 N–H and O–H groups in total. The van der Waals surface area contributed by atoms with Gasteiger partial charge in [-0.3, -0.25) is 4.79 Å². The highest BCUT2D eigenvalue weighted by Crippen LogP contribution is 2.43. The van der Waals surface area contributed by atoms with Crippen LogP contribution in [0, 0.1) is 0 Å². The molecule has 0 saturated heterocycles. The van der Waals surface area contributed by atoms with Crippen LogP contribution < -0.4 is 0 Å². The molecule has 1 aliphatic heterocycles. The molecule has 0 radical (unpaired) electrons. The number of nitrogens with zero attached hydrogens (tertiary/aromatic N) is 6. The Morgan fingerprint density at radius 1 is 1.09 bits per heavy atom. The second-order valence-electron chi connectivity index (χ2n) is 7.58. The van der Waals surface area contributed by atoms with Crippen LogP contribution in [0.1, 0.15) is 45.9 Å². The van der Waals surface area contributed by atoms with Crippen LogP contribution in [0.15, 0.2) is 57.9 Å². The second-order valence-corrected chi connectivity index (χ2v) is 7.58. The number of amides is 1. The Hall–Kier alpha value is -4.48. The lowest BCUT2D eigenvalue weighted by molar-refractivity contribution is 0.0623. The molecule has 12 heteroatoms. The van der Waals surface area contributed by atoms with Crippen molar-refractivity contribution in [2.45, 2.75) is 18.9 Å². The van der Waals surface area contributed by atoms with Gasteiger partial charge in [-0.2, -0.15) is 0 Å². The van der Waals surface area contributed by atoms with Crippen molar-refractivity contribution < 1.29 is 22.4 Å². The van der Waals surface area contributed by atoms with Crippen LogP contribution in [-0.2, 0) is 6.42 Å². The van der Waals surface area contributed by atoms with E-state index in [9.17, 15) is 13.6 Å². The summed E-state index contributed by atoms with van der Waals surface area (Å²) in [6.07, 6.45) is 2.08. The van der Waals surface area contributed by atoms with E-state index in [0.717, 1.165) is 5.69 Å². The molecule has 5 heterocycles. The quantitative estimate of drug-likeness (QED) is 0.427. The van der Waals surface area contributed by atoms with Crippen LogP contribution >= 0.6 is 0 Å². The van der Waals surface area contributed by atoms with Crippen LogP contribution in [-0.4, -0.2) is 47.5 Å². The van der Waals surface area contributed by atoms with Gasteiger partial charge in [0.2, 0.25) is 5.82 Å². The predicted octanol–water partition coefficient (Wildman–Crippen LogP) is 3.72. The highest BCUT2D eigenvalue weighted by molar-refractivity contribution is 5.91. The number of carbonyl (C=O) groups excluding carboxylic acids is 1. The summed E-state index contributed by atoms with van der Waals surface area (Å²) in [7, 11) is 0. The number of alkyl halides is 2. The molecule has 1 amide bonds. The van der Waals surface area contributed by atoms with Crippen molar-refractivity contribution in [3.8, 4) is 11.7 Å². The van der Waals surface area contributed by atoms with Gasteiger partial charge in [0, 0.05) is 36.4 Å². The minimum atomic E-state index is -2.83. The molecule has 0 saturated carbocycles. The Kier molecular flexibility index (Phi) is 4.64. The number of nitrogens with one attached hydrogen (secondary N) is 1. The number of imidazole rings is 1.